The first kappa shape index (κ1) is 14.9. The van der Waals surface area contributed by atoms with E-state index in [9.17, 15) is 4.79 Å². The fraction of sp³-hybridized carbons (Fsp3) is 0. The zero-order valence-electron chi connectivity index (χ0n) is 10.9. The van der Waals surface area contributed by atoms with E-state index in [2.05, 4.69) is 35.9 Å². The molecule has 2 aromatic heterocycles. The van der Waals surface area contributed by atoms with Crippen LogP contribution >= 0.6 is 15.9 Å². The van der Waals surface area contributed by atoms with Crippen LogP contribution in [0.4, 0.5) is 0 Å². The maximum absolute atomic E-state index is 10.4. The molecule has 0 unspecified atom stereocenters. The van der Waals surface area contributed by atoms with Crippen molar-refractivity contribution in [1.29, 1.82) is 0 Å². The summed E-state index contributed by atoms with van der Waals surface area (Å²) in [4.78, 5) is 25.7. The van der Waals surface area contributed by atoms with E-state index in [1.807, 2.05) is 12.1 Å². The Morgan fingerprint density at radius 1 is 0.762 bits per heavy atom. The normalized spacial score (nSPS) is 9.38. The Balaban J connectivity index is 0.000000194. The molecule has 0 fully saturated rings. The Bertz CT molecular complexity index is 675. The lowest BCUT2D eigenvalue weighted by Crippen LogP contribution is -1.83. The second-order valence-electron chi connectivity index (χ2n) is 3.92. The average molecular weight is 343 g/mol. The first-order chi connectivity index (χ1) is 10.3. The van der Waals surface area contributed by atoms with E-state index in [1.165, 1.54) is 12.7 Å². The summed E-state index contributed by atoms with van der Waals surface area (Å²) in [6.07, 6.45) is 10.7. The molecule has 0 radical (unpaired) electrons. The number of nitrogens with zero attached hydrogens (tertiary/aromatic N) is 4. The van der Waals surface area contributed by atoms with Gasteiger partial charge in [-0.15, -0.1) is 0 Å². The van der Waals surface area contributed by atoms with Crippen LogP contribution < -0.4 is 0 Å². The number of aromatic nitrogens is 4. The van der Waals surface area contributed by atoms with E-state index in [-0.39, 0.29) is 0 Å². The quantitative estimate of drug-likeness (QED) is 0.669. The van der Waals surface area contributed by atoms with Crippen molar-refractivity contribution in [3.05, 3.63) is 71.7 Å². The van der Waals surface area contributed by atoms with Gasteiger partial charge in [0.25, 0.3) is 0 Å². The molecule has 5 nitrogen and oxygen atoms in total. The number of rotatable bonds is 2. The lowest BCUT2D eigenvalue weighted by atomic mass is 10.1. The molecule has 0 N–H and O–H groups in total. The van der Waals surface area contributed by atoms with Crippen molar-refractivity contribution in [1.82, 2.24) is 19.9 Å². The molecule has 104 valence electrons. The van der Waals surface area contributed by atoms with Crippen LogP contribution in [-0.2, 0) is 0 Å². The molecule has 0 aliphatic heterocycles. The zero-order chi connectivity index (χ0) is 14.9. The number of aldehydes is 1. The number of hydrogen-bond acceptors (Lipinski definition) is 5. The van der Waals surface area contributed by atoms with Crippen LogP contribution in [0.15, 0.2) is 66.2 Å². The summed E-state index contributed by atoms with van der Waals surface area (Å²) in [6.45, 7) is 0. The van der Waals surface area contributed by atoms with Crippen LogP contribution in [0.3, 0.4) is 0 Å². The molecular formula is C15H11BrN4O. The van der Waals surface area contributed by atoms with Crippen LogP contribution in [0.1, 0.15) is 10.4 Å². The summed E-state index contributed by atoms with van der Waals surface area (Å²) >= 11 is 3.19. The Hall–Kier alpha value is -2.47. The predicted molar refractivity (Wildman–Crippen MR) is 82.6 cm³/mol. The summed E-state index contributed by atoms with van der Waals surface area (Å²) in [5.41, 5.74) is 2.63. The van der Waals surface area contributed by atoms with E-state index in [1.54, 1.807) is 36.9 Å². The van der Waals surface area contributed by atoms with Gasteiger partial charge in [-0.1, -0.05) is 24.3 Å². The predicted octanol–water partition coefficient (Wildman–Crippen LogP) is 3.20. The minimum Gasteiger partial charge on any atom is -0.298 e. The van der Waals surface area contributed by atoms with Gasteiger partial charge in [-0.25, -0.2) is 19.9 Å². The Morgan fingerprint density at radius 2 is 1.29 bits per heavy atom. The standard InChI is InChI=1S/C11H8N2O.C4H3BrN2/c14-7-9-1-3-10(4-2-9)11-5-12-8-13-6-11;5-4-1-6-3-7-2-4/h1-8H;1-3H. The van der Waals surface area contributed by atoms with Crippen molar-refractivity contribution >= 4 is 22.2 Å². The molecule has 6 heteroatoms. The van der Waals surface area contributed by atoms with E-state index in [4.69, 9.17) is 0 Å². The van der Waals surface area contributed by atoms with Crippen LogP contribution in [0.25, 0.3) is 11.1 Å². The Labute approximate surface area is 130 Å². The van der Waals surface area contributed by atoms with Gasteiger partial charge >= 0.3 is 0 Å². The summed E-state index contributed by atoms with van der Waals surface area (Å²) < 4.78 is 0.912. The molecule has 0 saturated heterocycles. The molecule has 0 atom stereocenters. The number of benzene rings is 1. The van der Waals surface area contributed by atoms with Crippen molar-refractivity contribution in [2.75, 3.05) is 0 Å². The second-order valence-corrected chi connectivity index (χ2v) is 4.84. The van der Waals surface area contributed by atoms with Crippen LogP contribution in [0.2, 0.25) is 0 Å². The minimum atomic E-state index is 0.672. The molecule has 0 amide bonds. The van der Waals surface area contributed by atoms with Gasteiger partial charge in [0.2, 0.25) is 0 Å². The molecule has 0 spiro atoms. The highest BCUT2D eigenvalue weighted by molar-refractivity contribution is 9.10. The minimum absolute atomic E-state index is 0.672. The van der Waals surface area contributed by atoms with Gasteiger partial charge in [0, 0.05) is 35.9 Å². The maximum atomic E-state index is 10.4. The first-order valence-corrected chi connectivity index (χ1v) is 6.80. The van der Waals surface area contributed by atoms with Crippen molar-refractivity contribution in [3.8, 4) is 11.1 Å². The third-order valence-corrected chi connectivity index (χ3v) is 2.88. The second kappa shape index (κ2) is 7.96. The van der Waals surface area contributed by atoms with Gasteiger partial charge in [0.1, 0.15) is 18.9 Å². The molecule has 1 aromatic carbocycles. The highest BCUT2D eigenvalue weighted by atomic mass is 79.9. The van der Waals surface area contributed by atoms with Crippen molar-refractivity contribution < 1.29 is 4.79 Å². The molecule has 3 rings (SSSR count). The molecule has 2 heterocycles. The molecule has 0 aliphatic carbocycles. The van der Waals surface area contributed by atoms with Gasteiger partial charge in [-0.3, -0.25) is 4.79 Å². The molecule has 0 aliphatic rings. The number of hydrogen-bond donors (Lipinski definition) is 0. The van der Waals surface area contributed by atoms with E-state index in [0.29, 0.717) is 5.56 Å². The lowest BCUT2D eigenvalue weighted by Gasteiger charge is -1.99. The molecule has 0 bridgehead atoms. The third-order valence-electron chi connectivity index (χ3n) is 2.47. The highest BCUT2D eigenvalue weighted by Gasteiger charge is 1.96. The molecule has 21 heavy (non-hydrogen) atoms. The summed E-state index contributed by atoms with van der Waals surface area (Å²) in [5, 5.41) is 0. The number of halogens is 1. The average Bonchev–Trinajstić information content (AvgIpc) is 2.57. The smallest absolute Gasteiger partial charge is 0.150 e. The van der Waals surface area contributed by atoms with Crippen LogP contribution in [-0.4, -0.2) is 26.2 Å². The molecule has 0 saturated carbocycles. The van der Waals surface area contributed by atoms with E-state index < -0.39 is 0 Å². The lowest BCUT2D eigenvalue weighted by molar-refractivity contribution is 0.112. The maximum Gasteiger partial charge on any atom is 0.150 e. The van der Waals surface area contributed by atoms with Crippen LogP contribution in [0, 0.1) is 0 Å². The Morgan fingerprint density at radius 3 is 1.71 bits per heavy atom. The third kappa shape index (κ3) is 4.85. The van der Waals surface area contributed by atoms with Gasteiger partial charge in [-0.05, 0) is 21.5 Å². The molecule has 3 aromatic rings. The number of carbonyl (C=O) groups is 1. The largest absolute Gasteiger partial charge is 0.298 e. The van der Waals surface area contributed by atoms with Crippen molar-refractivity contribution in [2.24, 2.45) is 0 Å². The van der Waals surface area contributed by atoms with Crippen molar-refractivity contribution in [3.63, 3.8) is 0 Å². The van der Waals surface area contributed by atoms with Gasteiger partial charge in [-0.2, -0.15) is 0 Å². The fourth-order valence-corrected chi connectivity index (χ4v) is 1.72. The first-order valence-electron chi connectivity index (χ1n) is 6.01. The van der Waals surface area contributed by atoms with Gasteiger partial charge < -0.3 is 0 Å². The fourth-order valence-electron chi connectivity index (χ4n) is 1.48. The topological polar surface area (TPSA) is 68.6 Å². The summed E-state index contributed by atoms with van der Waals surface area (Å²) in [5.74, 6) is 0. The zero-order valence-corrected chi connectivity index (χ0v) is 12.5. The van der Waals surface area contributed by atoms with Gasteiger partial charge in [0.05, 0.1) is 4.47 Å². The summed E-state index contributed by atoms with van der Waals surface area (Å²) in [6, 6.07) is 7.30. The van der Waals surface area contributed by atoms with Crippen LogP contribution in [0.5, 0.6) is 0 Å². The summed E-state index contributed by atoms with van der Waals surface area (Å²) in [7, 11) is 0. The van der Waals surface area contributed by atoms with E-state index >= 15 is 0 Å². The van der Waals surface area contributed by atoms with E-state index in [0.717, 1.165) is 21.9 Å². The number of carbonyl (C=O) groups excluding carboxylic acids is 1. The Kier molecular flexibility index (Phi) is 5.66. The monoisotopic (exact) mass is 342 g/mol. The SMILES string of the molecule is Brc1cncnc1.O=Cc1ccc(-c2cncnc2)cc1. The highest BCUT2D eigenvalue weighted by Crippen LogP contribution is 2.16. The van der Waals surface area contributed by atoms with Crippen molar-refractivity contribution in [2.45, 2.75) is 0 Å². The van der Waals surface area contributed by atoms with Gasteiger partial charge in [0.15, 0.2) is 0 Å². The molecular weight excluding hydrogens is 332 g/mol.